The van der Waals surface area contributed by atoms with Crippen molar-refractivity contribution in [2.24, 2.45) is 10.9 Å². The third-order valence-corrected chi connectivity index (χ3v) is 3.10. The molecule has 0 heterocycles. The van der Waals surface area contributed by atoms with Gasteiger partial charge in [0.2, 0.25) is 0 Å². The van der Waals surface area contributed by atoms with E-state index in [9.17, 15) is 14.8 Å². The van der Waals surface area contributed by atoms with Gasteiger partial charge in [0, 0.05) is 5.56 Å². The van der Waals surface area contributed by atoms with E-state index in [4.69, 9.17) is 15.2 Å². The number of carbonyl (C=O) groups is 2. The molecule has 3 N–H and O–H groups in total. The van der Waals surface area contributed by atoms with E-state index in [1.165, 1.54) is 0 Å². The number of hydrogen-bond donors (Lipinski definition) is 2. The second kappa shape index (κ2) is 8.85. The van der Waals surface area contributed by atoms with Crippen LogP contribution in [0.2, 0.25) is 0 Å². The number of amides is 2. The van der Waals surface area contributed by atoms with Crippen LogP contribution in [0.25, 0.3) is 0 Å². The smallest absolute Gasteiger partial charge is 0.425 e. The molecule has 150 valence electrons. The molecule has 0 fully saturated rings. The number of oxime groups is 1. The van der Waals surface area contributed by atoms with Crippen molar-refractivity contribution in [2.75, 3.05) is 6.54 Å². The van der Waals surface area contributed by atoms with Crippen LogP contribution in [0, 0.1) is 0 Å². The Kier molecular flexibility index (Phi) is 7.36. The number of imide groups is 1. The monoisotopic (exact) mass is 379 g/mol. The third-order valence-electron chi connectivity index (χ3n) is 3.10. The van der Waals surface area contributed by atoms with Gasteiger partial charge in [-0.05, 0) is 60.1 Å². The summed E-state index contributed by atoms with van der Waals surface area (Å²) in [5.41, 5.74) is 5.13. The lowest BCUT2D eigenvalue weighted by atomic mass is 10.1. The molecule has 0 unspecified atom stereocenters. The zero-order chi connectivity index (χ0) is 20.8. The highest BCUT2D eigenvalue weighted by atomic mass is 16.6. The average molecular weight is 379 g/mol. The summed E-state index contributed by atoms with van der Waals surface area (Å²) in [7, 11) is 0. The first kappa shape index (κ1) is 22.4. The van der Waals surface area contributed by atoms with Crippen LogP contribution in [0.5, 0.6) is 0 Å². The Morgan fingerprint density at radius 3 is 1.78 bits per heavy atom. The third kappa shape index (κ3) is 7.26. The Balaban J connectivity index is 3.28. The van der Waals surface area contributed by atoms with Crippen molar-refractivity contribution in [3.8, 4) is 0 Å². The first-order valence-corrected chi connectivity index (χ1v) is 8.65. The second-order valence-corrected chi connectivity index (χ2v) is 7.96. The molecular formula is C19H29N3O5. The number of benzene rings is 1. The molecule has 1 rings (SSSR count). The van der Waals surface area contributed by atoms with Gasteiger partial charge in [-0.25, -0.2) is 9.59 Å². The molecule has 8 heteroatoms. The minimum Gasteiger partial charge on any atom is -0.443 e. The predicted molar refractivity (Wildman–Crippen MR) is 102 cm³/mol. The maximum absolute atomic E-state index is 12.6. The summed E-state index contributed by atoms with van der Waals surface area (Å²) in [6.07, 6.45) is -1.33. The molecule has 1 aromatic rings. The summed E-state index contributed by atoms with van der Waals surface area (Å²) in [6.45, 7) is 10.5. The van der Waals surface area contributed by atoms with Crippen LogP contribution in [-0.2, 0) is 15.9 Å². The van der Waals surface area contributed by atoms with Crippen molar-refractivity contribution < 1.29 is 24.3 Å². The van der Waals surface area contributed by atoms with Gasteiger partial charge in [-0.15, -0.1) is 0 Å². The molecule has 1 aromatic carbocycles. The van der Waals surface area contributed by atoms with Crippen molar-refractivity contribution in [1.82, 2.24) is 4.90 Å². The highest BCUT2D eigenvalue weighted by Crippen LogP contribution is 2.18. The van der Waals surface area contributed by atoms with Gasteiger partial charge in [-0.3, -0.25) is 0 Å². The molecule has 0 bridgehead atoms. The second-order valence-electron chi connectivity index (χ2n) is 7.96. The van der Waals surface area contributed by atoms with Crippen LogP contribution < -0.4 is 5.73 Å². The van der Waals surface area contributed by atoms with Crippen molar-refractivity contribution >= 4 is 18.0 Å². The molecule has 2 amide bonds. The average Bonchev–Trinajstić information content (AvgIpc) is 2.50. The molecule has 0 aliphatic carbocycles. The Labute approximate surface area is 159 Å². The van der Waals surface area contributed by atoms with E-state index in [-0.39, 0.29) is 5.84 Å². The Morgan fingerprint density at radius 1 is 1.00 bits per heavy atom. The van der Waals surface area contributed by atoms with E-state index in [0.29, 0.717) is 23.4 Å². The molecule has 0 saturated heterocycles. The number of carbonyl (C=O) groups excluding carboxylic acids is 2. The zero-order valence-corrected chi connectivity index (χ0v) is 16.8. The van der Waals surface area contributed by atoms with E-state index in [1.54, 1.807) is 65.8 Å². The van der Waals surface area contributed by atoms with Crippen LogP contribution in [-0.4, -0.2) is 45.9 Å². The molecule has 0 atom stereocenters. The van der Waals surface area contributed by atoms with Gasteiger partial charge < -0.3 is 20.4 Å². The molecule has 27 heavy (non-hydrogen) atoms. The number of rotatable bonds is 3. The van der Waals surface area contributed by atoms with Crippen LogP contribution in [0.4, 0.5) is 9.59 Å². The van der Waals surface area contributed by atoms with Crippen LogP contribution >= 0.6 is 0 Å². The van der Waals surface area contributed by atoms with Crippen molar-refractivity contribution in [3.63, 3.8) is 0 Å². The minimum absolute atomic E-state index is 0.294. The molecule has 0 aromatic heterocycles. The quantitative estimate of drug-likeness (QED) is 0.359. The first-order valence-electron chi connectivity index (χ1n) is 8.65. The lowest BCUT2D eigenvalue weighted by molar-refractivity contribution is 0.0142. The molecule has 0 radical (unpaired) electrons. The van der Waals surface area contributed by atoms with Gasteiger partial charge in [0.25, 0.3) is 0 Å². The van der Waals surface area contributed by atoms with Crippen molar-refractivity contribution in [3.05, 3.63) is 35.4 Å². The van der Waals surface area contributed by atoms with Crippen LogP contribution in [0.3, 0.4) is 0 Å². The summed E-state index contributed by atoms with van der Waals surface area (Å²) in [5, 5.41) is 12.7. The van der Waals surface area contributed by atoms with Gasteiger partial charge >= 0.3 is 12.2 Å². The van der Waals surface area contributed by atoms with Gasteiger partial charge in [0.05, 0.1) is 0 Å². The summed E-state index contributed by atoms with van der Waals surface area (Å²) in [5.74, 6) is -0.294. The summed E-state index contributed by atoms with van der Waals surface area (Å²) < 4.78 is 10.6. The molecule has 0 spiro atoms. The van der Waals surface area contributed by atoms with E-state index < -0.39 is 23.4 Å². The minimum atomic E-state index is -1.00. The van der Waals surface area contributed by atoms with Crippen LogP contribution in [0.1, 0.15) is 52.7 Å². The fraction of sp³-hybridized carbons (Fsp3) is 0.526. The van der Waals surface area contributed by atoms with Gasteiger partial charge in [0.1, 0.15) is 11.2 Å². The summed E-state index contributed by atoms with van der Waals surface area (Å²) in [6, 6.07) is 6.80. The summed E-state index contributed by atoms with van der Waals surface area (Å²) >= 11 is 0. The van der Waals surface area contributed by atoms with E-state index >= 15 is 0 Å². The molecule has 0 aliphatic heterocycles. The molecule has 8 nitrogen and oxygen atoms in total. The zero-order valence-electron chi connectivity index (χ0n) is 16.8. The largest absolute Gasteiger partial charge is 0.443 e. The first-order chi connectivity index (χ1) is 12.4. The normalized spacial score (nSPS) is 12.5. The maximum atomic E-state index is 12.6. The fourth-order valence-electron chi connectivity index (χ4n) is 2.08. The Morgan fingerprint density at radius 2 is 1.44 bits per heavy atom. The van der Waals surface area contributed by atoms with E-state index in [0.717, 1.165) is 5.56 Å². The number of amidine groups is 1. The Hall–Kier alpha value is -2.61. The van der Waals surface area contributed by atoms with Crippen molar-refractivity contribution in [2.45, 2.75) is 59.2 Å². The van der Waals surface area contributed by atoms with E-state index in [2.05, 4.69) is 5.16 Å². The van der Waals surface area contributed by atoms with Gasteiger partial charge in [-0.1, -0.05) is 29.4 Å². The number of hydrogen-bond acceptors (Lipinski definition) is 7. The number of nitrogens with two attached hydrogens (primary N) is 1. The standard InChI is InChI=1S/C19H29N3O5/c1-18(2,3)26-16(23)22(17(24)27-19(4,5)6)15(21-25)14-9-7-13(8-10-14)11-12-20/h7-10,25H,11-12,20H2,1-6H3. The fourth-order valence-corrected chi connectivity index (χ4v) is 2.08. The van der Waals surface area contributed by atoms with Crippen molar-refractivity contribution in [1.29, 1.82) is 0 Å². The molecular weight excluding hydrogens is 350 g/mol. The SMILES string of the molecule is CC(C)(C)OC(=O)N(C(=O)OC(C)(C)C)C(=NO)c1ccc(CCN)cc1. The Bertz CT molecular complexity index is 657. The summed E-state index contributed by atoms with van der Waals surface area (Å²) in [4.78, 5) is 25.8. The number of nitrogens with zero attached hydrogens (tertiary/aromatic N) is 2. The highest BCUT2D eigenvalue weighted by molar-refractivity contribution is 6.15. The van der Waals surface area contributed by atoms with Crippen LogP contribution in [0.15, 0.2) is 29.4 Å². The predicted octanol–water partition coefficient (Wildman–Crippen LogP) is 3.50. The molecule has 0 aliphatic rings. The number of ether oxygens (including phenoxy) is 2. The highest BCUT2D eigenvalue weighted by Gasteiger charge is 2.36. The maximum Gasteiger partial charge on any atom is 0.425 e. The van der Waals surface area contributed by atoms with Gasteiger partial charge in [0.15, 0.2) is 5.84 Å². The van der Waals surface area contributed by atoms with E-state index in [1.807, 2.05) is 0 Å². The lowest BCUT2D eigenvalue weighted by Crippen LogP contribution is -2.47. The van der Waals surface area contributed by atoms with Gasteiger partial charge in [-0.2, -0.15) is 4.90 Å². The topological polar surface area (TPSA) is 114 Å². The molecule has 0 saturated carbocycles. The lowest BCUT2D eigenvalue weighted by Gasteiger charge is -2.28.